The topological polar surface area (TPSA) is 32.3 Å². The molecule has 2 aromatic carbocycles. The van der Waals surface area contributed by atoms with Crippen molar-refractivity contribution in [3.63, 3.8) is 0 Å². The van der Waals surface area contributed by atoms with Crippen molar-refractivity contribution in [2.24, 2.45) is 0 Å². The minimum atomic E-state index is -0.198. The molecular weight excluding hydrogens is 439 g/mol. The van der Waals surface area contributed by atoms with Crippen molar-refractivity contribution in [1.29, 1.82) is 0 Å². The summed E-state index contributed by atoms with van der Waals surface area (Å²) in [5.74, 6) is 1.64. The van der Waals surface area contributed by atoms with E-state index in [0.29, 0.717) is 0 Å². The van der Waals surface area contributed by atoms with Gasteiger partial charge < -0.3 is 9.80 Å². The summed E-state index contributed by atoms with van der Waals surface area (Å²) in [6.45, 7) is 3.53. The summed E-state index contributed by atoms with van der Waals surface area (Å²) < 4.78 is 14.2. The highest BCUT2D eigenvalue weighted by Crippen LogP contribution is 2.25. The Kier molecular flexibility index (Phi) is 6.12. The number of hydrogen-bond acceptors (Lipinski definition) is 5. The molecule has 0 atom stereocenters. The predicted octanol–water partition coefficient (Wildman–Crippen LogP) is 5.00. The molecule has 1 aliphatic rings. The van der Waals surface area contributed by atoms with Crippen LogP contribution < -0.4 is 9.80 Å². The van der Waals surface area contributed by atoms with Crippen LogP contribution in [0.3, 0.4) is 0 Å². The fourth-order valence-corrected chi connectivity index (χ4v) is 4.25. The molecular formula is C21H20BrFN4S. The van der Waals surface area contributed by atoms with Crippen LogP contribution in [0.25, 0.3) is 0 Å². The third-order valence-electron chi connectivity index (χ3n) is 4.72. The summed E-state index contributed by atoms with van der Waals surface area (Å²) in [4.78, 5) is 13.4. The smallest absolute Gasteiger partial charge is 0.133 e. The van der Waals surface area contributed by atoms with Crippen molar-refractivity contribution in [1.82, 2.24) is 9.97 Å². The lowest BCUT2D eigenvalue weighted by Crippen LogP contribution is -2.46. The average molecular weight is 459 g/mol. The van der Waals surface area contributed by atoms with Gasteiger partial charge in [0.1, 0.15) is 23.0 Å². The first-order chi connectivity index (χ1) is 13.7. The second kappa shape index (κ2) is 8.92. The molecule has 7 heteroatoms. The number of halogens is 2. The molecule has 1 aliphatic heterocycles. The Bertz CT molecular complexity index is 912. The highest BCUT2D eigenvalue weighted by molar-refractivity contribution is 9.10. The molecule has 0 N–H and O–H groups in total. The van der Waals surface area contributed by atoms with Gasteiger partial charge in [-0.3, -0.25) is 0 Å². The second-order valence-electron chi connectivity index (χ2n) is 6.58. The maximum Gasteiger partial charge on any atom is 0.133 e. The van der Waals surface area contributed by atoms with Gasteiger partial charge in [-0.15, -0.1) is 11.8 Å². The van der Waals surface area contributed by atoms with Gasteiger partial charge in [-0.2, -0.15) is 0 Å². The van der Waals surface area contributed by atoms with E-state index in [1.54, 1.807) is 18.1 Å². The Morgan fingerprint density at radius 1 is 0.893 bits per heavy atom. The molecule has 1 fully saturated rings. The van der Waals surface area contributed by atoms with Crippen LogP contribution in [-0.4, -0.2) is 36.1 Å². The molecule has 0 bridgehead atoms. The summed E-state index contributed by atoms with van der Waals surface area (Å²) in [7, 11) is 0. The molecule has 0 aliphatic carbocycles. The molecule has 28 heavy (non-hydrogen) atoms. The molecule has 4 nitrogen and oxygen atoms in total. The fraction of sp³-hybridized carbons (Fsp3) is 0.238. The number of anilines is 2. The van der Waals surface area contributed by atoms with E-state index in [1.165, 1.54) is 17.7 Å². The van der Waals surface area contributed by atoms with E-state index in [1.807, 2.05) is 12.1 Å². The quantitative estimate of drug-likeness (QED) is 0.396. The number of thioether (sulfide) groups is 1. The molecule has 144 valence electrons. The van der Waals surface area contributed by atoms with Crippen molar-refractivity contribution in [3.05, 3.63) is 76.8 Å². The van der Waals surface area contributed by atoms with E-state index in [0.717, 1.165) is 52.9 Å². The SMILES string of the molecule is Fc1ccc(N2CCN(c3cc(SCc4ccc(Br)cc4)ncn3)CC2)cc1. The monoisotopic (exact) mass is 458 g/mol. The Morgan fingerprint density at radius 3 is 2.29 bits per heavy atom. The molecule has 0 spiro atoms. The van der Waals surface area contributed by atoms with Gasteiger partial charge in [0.15, 0.2) is 0 Å². The van der Waals surface area contributed by atoms with Crippen LogP contribution in [0.4, 0.5) is 15.9 Å². The number of piperazine rings is 1. The van der Waals surface area contributed by atoms with Crippen LogP contribution in [0.2, 0.25) is 0 Å². The normalized spacial score (nSPS) is 14.4. The van der Waals surface area contributed by atoms with Gasteiger partial charge in [-0.25, -0.2) is 14.4 Å². The molecule has 0 saturated carbocycles. The molecule has 1 saturated heterocycles. The summed E-state index contributed by atoms with van der Waals surface area (Å²) in [5, 5.41) is 0.980. The first kappa shape index (κ1) is 19.2. The van der Waals surface area contributed by atoms with Crippen molar-refractivity contribution in [2.75, 3.05) is 36.0 Å². The van der Waals surface area contributed by atoms with E-state index in [-0.39, 0.29) is 5.82 Å². The lowest BCUT2D eigenvalue weighted by molar-refractivity contribution is 0.624. The van der Waals surface area contributed by atoms with E-state index >= 15 is 0 Å². The highest BCUT2D eigenvalue weighted by Gasteiger charge is 2.19. The van der Waals surface area contributed by atoms with Crippen LogP contribution in [-0.2, 0) is 5.75 Å². The Morgan fingerprint density at radius 2 is 1.57 bits per heavy atom. The van der Waals surface area contributed by atoms with Gasteiger partial charge in [-0.05, 0) is 42.0 Å². The van der Waals surface area contributed by atoms with Gasteiger partial charge >= 0.3 is 0 Å². The maximum absolute atomic E-state index is 13.1. The fourth-order valence-electron chi connectivity index (χ4n) is 3.17. The number of nitrogens with zero attached hydrogens (tertiary/aromatic N) is 4. The van der Waals surface area contributed by atoms with Crippen LogP contribution >= 0.6 is 27.7 Å². The molecule has 2 heterocycles. The Labute approximate surface area is 176 Å². The minimum Gasteiger partial charge on any atom is -0.368 e. The van der Waals surface area contributed by atoms with Crippen molar-refractivity contribution in [3.8, 4) is 0 Å². The van der Waals surface area contributed by atoms with Crippen LogP contribution in [0, 0.1) is 5.82 Å². The first-order valence-corrected chi connectivity index (χ1v) is 10.9. The van der Waals surface area contributed by atoms with E-state index in [4.69, 9.17) is 0 Å². The Hall–Kier alpha value is -2.12. The third kappa shape index (κ3) is 4.83. The summed E-state index contributed by atoms with van der Waals surface area (Å²) in [6.07, 6.45) is 1.64. The lowest BCUT2D eigenvalue weighted by atomic mass is 10.2. The minimum absolute atomic E-state index is 0.198. The summed E-state index contributed by atoms with van der Waals surface area (Å²) >= 11 is 5.18. The number of rotatable bonds is 5. The molecule has 0 radical (unpaired) electrons. The van der Waals surface area contributed by atoms with Gasteiger partial charge in [0.05, 0.1) is 0 Å². The number of aromatic nitrogens is 2. The van der Waals surface area contributed by atoms with Gasteiger partial charge in [0.25, 0.3) is 0 Å². The highest BCUT2D eigenvalue weighted by atomic mass is 79.9. The van der Waals surface area contributed by atoms with Gasteiger partial charge in [0.2, 0.25) is 0 Å². The van der Waals surface area contributed by atoms with E-state index < -0.39 is 0 Å². The lowest BCUT2D eigenvalue weighted by Gasteiger charge is -2.36. The van der Waals surface area contributed by atoms with Crippen LogP contribution in [0.5, 0.6) is 0 Å². The standard InChI is InChI=1S/C21H20BrFN4S/c22-17-3-1-16(2-4-17)14-28-21-13-20(24-15-25-21)27-11-9-26(10-12-27)19-7-5-18(23)6-8-19/h1-8,13,15H,9-12,14H2. The van der Waals surface area contributed by atoms with E-state index in [9.17, 15) is 4.39 Å². The van der Waals surface area contributed by atoms with Gasteiger partial charge in [-0.1, -0.05) is 28.1 Å². The van der Waals surface area contributed by atoms with Gasteiger partial charge in [0, 0.05) is 48.2 Å². The largest absolute Gasteiger partial charge is 0.368 e. The summed E-state index contributed by atoms with van der Waals surface area (Å²) in [6, 6.07) is 17.1. The van der Waals surface area contributed by atoms with Crippen molar-refractivity contribution in [2.45, 2.75) is 10.8 Å². The zero-order valence-electron chi connectivity index (χ0n) is 15.3. The van der Waals surface area contributed by atoms with Crippen LogP contribution in [0.15, 0.2) is 70.4 Å². The summed E-state index contributed by atoms with van der Waals surface area (Å²) in [5.41, 5.74) is 2.33. The number of benzene rings is 2. The molecule has 0 amide bonds. The van der Waals surface area contributed by atoms with E-state index in [2.05, 4.69) is 66.0 Å². The molecule has 3 aromatic rings. The van der Waals surface area contributed by atoms with Crippen molar-refractivity contribution < 1.29 is 4.39 Å². The van der Waals surface area contributed by atoms with Crippen molar-refractivity contribution >= 4 is 39.2 Å². The zero-order valence-corrected chi connectivity index (χ0v) is 17.7. The second-order valence-corrected chi connectivity index (χ2v) is 8.49. The molecule has 0 unspecified atom stereocenters. The third-order valence-corrected chi connectivity index (χ3v) is 6.25. The molecule has 4 rings (SSSR count). The zero-order chi connectivity index (χ0) is 19.3. The van der Waals surface area contributed by atoms with Crippen LogP contribution in [0.1, 0.15) is 5.56 Å². The molecule has 1 aromatic heterocycles. The predicted molar refractivity (Wildman–Crippen MR) is 117 cm³/mol. The Balaban J connectivity index is 1.35. The average Bonchev–Trinajstić information content (AvgIpc) is 2.74. The first-order valence-electron chi connectivity index (χ1n) is 9.12. The number of hydrogen-bond donors (Lipinski definition) is 0. The maximum atomic E-state index is 13.1.